The number of hydrogen-bond acceptors (Lipinski definition) is 8. The molecule has 4 aliphatic rings. The lowest BCUT2D eigenvalue weighted by Crippen LogP contribution is -2.42. The largest absolute Gasteiger partial charge is 0.493 e. The van der Waals surface area contributed by atoms with E-state index in [1.165, 1.54) is 30.6 Å². The fraction of sp³-hybridized carbons (Fsp3) is 0.583. The van der Waals surface area contributed by atoms with Crippen LogP contribution in [0.5, 0.6) is 11.5 Å². The lowest BCUT2D eigenvalue weighted by Gasteiger charge is -2.33. The highest BCUT2D eigenvalue weighted by Crippen LogP contribution is 2.34. The van der Waals surface area contributed by atoms with Crippen LogP contribution in [0.2, 0.25) is 0 Å². The number of carbonyl (C=O) groups is 3. The van der Waals surface area contributed by atoms with Gasteiger partial charge in [-0.15, -0.1) is 0 Å². The van der Waals surface area contributed by atoms with Crippen LogP contribution in [0, 0.1) is 11.8 Å². The van der Waals surface area contributed by atoms with Gasteiger partial charge in [0.1, 0.15) is 22.7 Å². The Balaban J connectivity index is 0.000000181. The summed E-state index contributed by atoms with van der Waals surface area (Å²) in [5.74, 6) is 2.81. The Labute approximate surface area is 271 Å². The average molecular weight is 637 g/mol. The van der Waals surface area contributed by atoms with E-state index in [-0.39, 0.29) is 18.9 Å². The Hall–Kier alpha value is -3.79. The van der Waals surface area contributed by atoms with E-state index in [1.807, 2.05) is 71.9 Å². The summed E-state index contributed by atoms with van der Waals surface area (Å²) in [6, 6.07) is 11.3. The van der Waals surface area contributed by atoms with E-state index < -0.39 is 29.5 Å². The van der Waals surface area contributed by atoms with Gasteiger partial charge in [-0.05, 0) is 120 Å². The summed E-state index contributed by atoms with van der Waals surface area (Å²) in [6.45, 7) is 13.5. The van der Waals surface area contributed by atoms with E-state index in [0.29, 0.717) is 30.5 Å². The van der Waals surface area contributed by atoms with Gasteiger partial charge in [-0.3, -0.25) is 9.69 Å². The van der Waals surface area contributed by atoms with Crippen molar-refractivity contribution in [3.05, 3.63) is 58.7 Å². The number of amides is 2. The number of aliphatic hydroxyl groups is 1. The van der Waals surface area contributed by atoms with Crippen molar-refractivity contribution in [1.29, 1.82) is 0 Å². The highest BCUT2D eigenvalue weighted by molar-refractivity contribution is 6.01. The van der Waals surface area contributed by atoms with Gasteiger partial charge in [0.25, 0.3) is 0 Å². The van der Waals surface area contributed by atoms with Crippen LogP contribution >= 0.6 is 0 Å². The van der Waals surface area contributed by atoms with E-state index in [9.17, 15) is 19.5 Å². The van der Waals surface area contributed by atoms with Crippen LogP contribution in [-0.2, 0) is 22.6 Å². The number of hydrogen-bond donors (Lipinski definition) is 1. The molecule has 2 fully saturated rings. The SMILES string of the molecule is CC(C)(C)OC(=O)N1CC(=O)c2cc(OCC3CC3)ccc2C1.CC(C)(C)OC(=O)N1Cc2ccc(OCC3CC3)cc2C(O)C1. The molecular formula is C36H48N2O8. The van der Waals surface area contributed by atoms with E-state index in [4.69, 9.17) is 18.9 Å². The van der Waals surface area contributed by atoms with Crippen LogP contribution in [0.4, 0.5) is 9.59 Å². The van der Waals surface area contributed by atoms with Gasteiger partial charge in [0.2, 0.25) is 0 Å². The third-order valence-electron chi connectivity index (χ3n) is 7.98. The number of β-amino-alcohol motifs (C(OH)–C–C–N with tert-alkyl or cyclic N) is 1. The Morgan fingerprint density at radius 1 is 0.739 bits per heavy atom. The first-order valence-corrected chi connectivity index (χ1v) is 16.3. The predicted octanol–water partition coefficient (Wildman–Crippen LogP) is 6.67. The maximum Gasteiger partial charge on any atom is 0.411 e. The molecule has 0 bridgehead atoms. The molecule has 0 spiro atoms. The monoisotopic (exact) mass is 636 g/mol. The molecule has 0 saturated heterocycles. The number of ketones is 1. The van der Waals surface area contributed by atoms with Crippen molar-refractivity contribution in [2.24, 2.45) is 11.8 Å². The highest BCUT2D eigenvalue weighted by atomic mass is 16.6. The van der Waals surface area contributed by atoms with Crippen LogP contribution in [0.25, 0.3) is 0 Å². The first kappa shape index (κ1) is 33.6. The van der Waals surface area contributed by atoms with Crippen molar-refractivity contribution in [1.82, 2.24) is 9.80 Å². The minimum Gasteiger partial charge on any atom is -0.493 e. The van der Waals surface area contributed by atoms with Gasteiger partial charge in [-0.1, -0.05) is 12.1 Å². The Morgan fingerprint density at radius 3 is 1.78 bits per heavy atom. The molecule has 46 heavy (non-hydrogen) atoms. The molecule has 1 N–H and O–H groups in total. The zero-order valence-corrected chi connectivity index (χ0v) is 28.0. The van der Waals surface area contributed by atoms with Gasteiger partial charge in [0.15, 0.2) is 5.78 Å². The topological polar surface area (TPSA) is 115 Å². The van der Waals surface area contributed by atoms with Crippen molar-refractivity contribution in [2.45, 2.75) is 97.6 Å². The normalized spacial score (nSPS) is 19.3. The first-order valence-electron chi connectivity index (χ1n) is 16.3. The van der Waals surface area contributed by atoms with Crippen molar-refractivity contribution >= 4 is 18.0 Å². The zero-order chi connectivity index (χ0) is 33.2. The molecule has 1 unspecified atom stereocenters. The minimum absolute atomic E-state index is 0.0496. The molecule has 2 amide bonds. The fourth-order valence-electron chi connectivity index (χ4n) is 5.18. The lowest BCUT2D eigenvalue weighted by molar-refractivity contribution is 0.00821. The minimum atomic E-state index is -0.712. The molecule has 6 rings (SSSR count). The summed E-state index contributed by atoms with van der Waals surface area (Å²) < 4.78 is 22.2. The van der Waals surface area contributed by atoms with Crippen molar-refractivity contribution in [2.75, 3.05) is 26.3 Å². The second-order valence-corrected chi connectivity index (χ2v) is 14.8. The number of fused-ring (bicyclic) bond motifs is 2. The van der Waals surface area contributed by atoms with Crippen LogP contribution in [-0.4, -0.2) is 70.4 Å². The molecule has 1 atom stereocenters. The predicted molar refractivity (Wildman–Crippen MR) is 172 cm³/mol. The number of nitrogens with zero attached hydrogens (tertiary/aromatic N) is 2. The van der Waals surface area contributed by atoms with Crippen LogP contribution in [0.1, 0.15) is 100 Å². The molecule has 10 heteroatoms. The number of carbonyl (C=O) groups excluding carboxylic acids is 3. The van der Waals surface area contributed by atoms with Gasteiger partial charge in [0.05, 0.1) is 39.0 Å². The number of rotatable bonds is 6. The molecule has 10 nitrogen and oxygen atoms in total. The van der Waals surface area contributed by atoms with Crippen molar-refractivity contribution in [3.63, 3.8) is 0 Å². The number of Topliss-reactive ketones (excluding diaryl/α,β-unsaturated/α-hetero) is 1. The summed E-state index contributed by atoms with van der Waals surface area (Å²) in [7, 11) is 0. The summed E-state index contributed by atoms with van der Waals surface area (Å²) >= 11 is 0. The molecule has 0 aromatic heterocycles. The summed E-state index contributed by atoms with van der Waals surface area (Å²) in [4.78, 5) is 39.7. The third kappa shape index (κ3) is 9.61. The number of aliphatic hydroxyl groups excluding tert-OH is 1. The smallest absolute Gasteiger partial charge is 0.411 e. The van der Waals surface area contributed by atoms with E-state index in [0.717, 1.165) is 41.4 Å². The van der Waals surface area contributed by atoms with Crippen molar-refractivity contribution in [3.8, 4) is 11.5 Å². The van der Waals surface area contributed by atoms with Gasteiger partial charge in [0, 0.05) is 12.1 Å². The molecule has 250 valence electrons. The molecule has 2 aliphatic heterocycles. The Morgan fingerprint density at radius 2 is 1.24 bits per heavy atom. The van der Waals surface area contributed by atoms with Gasteiger partial charge in [-0.25, -0.2) is 9.59 Å². The first-order chi connectivity index (χ1) is 21.6. The molecule has 0 radical (unpaired) electrons. The fourth-order valence-corrected chi connectivity index (χ4v) is 5.18. The number of benzene rings is 2. The Kier molecular flexibility index (Phi) is 9.86. The standard InChI is InChI=1S/C18H25NO4.C18H23NO4/c2*1-18(2,3)23-17(21)19-9-13-6-7-14(22-11-12-4-5-12)8-15(13)16(20)10-19/h6-8,12,16,20H,4-5,9-11H2,1-3H3;6-8,12H,4-5,9-11H2,1-3H3. The molecule has 2 aromatic carbocycles. The van der Waals surface area contributed by atoms with Crippen LogP contribution in [0.15, 0.2) is 36.4 Å². The van der Waals surface area contributed by atoms with Crippen LogP contribution < -0.4 is 9.47 Å². The van der Waals surface area contributed by atoms with Gasteiger partial charge in [-0.2, -0.15) is 0 Å². The summed E-state index contributed by atoms with van der Waals surface area (Å²) in [5, 5.41) is 10.4. The molecule has 2 aliphatic carbocycles. The van der Waals surface area contributed by atoms with Crippen LogP contribution in [0.3, 0.4) is 0 Å². The quantitative estimate of drug-likeness (QED) is 0.374. The van der Waals surface area contributed by atoms with Gasteiger partial charge >= 0.3 is 12.2 Å². The maximum atomic E-state index is 12.4. The van der Waals surface area contributed by atoms with Crippen molar-refractivity contribution < 1.29 is 38.4 Å². The van der Waals surface area contributed by atoms with E-state index in [2.05, 4.69) is 0 Å². The molecular weight excluding hydrogens is 588 g/mol. The second kappa shape index (κ2) is 13.5. The lowest BCUT2D eigenvalue weighted by atomic mass is 9.97. The third-order valence-corrected chi connectivity index (χ3v) is 7.98. The summed E-state index contributed by atoms with van der Waals surface area (Å²) in [6.07, 6.45) is 3.40. The van der Waals surface area contributed by atoms with E-state index in [1.54, 1.807) is 11.0 Å². The zero-order valence-electron chi connectivity index (χ0n) is 28.0. The highest BCUT2D eigenvalue weighted by Gasteiger charge is 2.32. The number of ether oxygens (including phenoxy) is 4. The maximum absolute atomic E-state index is 12.4. The Bertz CT molecular complexity index is 1430. The van der Waals surface area contributed by atoms with E-state index >= 15 is 0 Å². The van der Waals surface area contributed by atoms with Gasteiger partial charge < -0.3 is 29.0 Å². The molecule has 2 saturated carbocycles. The summed E-state index contributed by atoms with van der Waals surface area (Å²) in [5.41, 5.74) is 2.17. The molecule has 2 heterocycles. The average Bonchev–Trinajstić information content (AvgIpc) is 3.89. The molecule has 2 aromatic rings. The second-order valence-electron chi connectivity index (χ2n) is 14.8.